The molecule has 3 fully saturated rings. The normalized spacial score (nSPS) is 35.9. The first-order valence-electron chi connectivity index (χ1n) is 8.59. The van der Waals surface area contributed by atoms with Crippen LogP contribution in [0, 0.1) is 45.6 Å². The van der Waals surface area contributed by atoms with Gasteiger partial charge in [-0.15, -0.1) is 0 Å². The molecular formula is C18H15N3O5. The number of nitro groups is 1. The van der Waals surface area contributed by atoms with E-state index in [1.165, 1.54) is 24.3 Å². The van der Waals surface area contributed by atoms with Crippen molar-refractivity contribution in [2.45, 2.75) is 6.42 Å². The third-order valence-corrected chi connectivity index (χ3v) is 6.22. The van der Waals surface area contributed by atoms with E-state index < -0.39 is 10.8 Å². The third kappa shape index (κ3) is 1.92. The molecule has 4 aliphatic carbocycles. The van der Waals surface area contributed by atoms with Gasteiger partial charge in [-0.3, -0.25) is 29.9 Å². The average molecular weight is 353 g/mol. The maximum atomic E-state index is 12.8. The summed E-state index contributed by atoms with van der Waals surface area (Å²) in [7, 11) is 0. The number of nitrogens with zero attached hydrogens (tertiary/aromatic N) is 2. The molecule has 0 unspecified atom stereocenters. The van der Waals surface area contributed by atoms with E-state index in [-0.39, 0.29) is 46.7 Å². The van der Waals surface area contributed by atoms with Crippen LogP contribution in [0.3, 0.4) is 0 Å². The lowest BCUT2D eigenvalue weighted by Crippen LogP contribution is -2.46. The minimum atomic E-state index is -0.634. The fourth-order valence-electron chi connectivity index (χ4n) is 4.97. The minimum Gasteiger partial charge on any atom is -0.272 e. The number of rotatable bonds is 3. The molecule has 5 aliphatic rings. The van der Waals surface area contributed by atoms with Gasteiger partial charge in [0.25, 0.3) is 23.4 Å². The topological polar surface area (TPSA) is 110 Å². The first-order valence-corrected chi connectivity index (χ1v) is 8.59. The Morgan fingerprint density at radius 3 is 2.08 bits per heavy atom. The van der Waals surface area contributed by atoms with Crippen molar-refractivity contribution in [2.24, 2.45) is 35.5 Å². The number of hydrogen-bond acceptors (Lipinski definition) is 5. The number of carbonyl (C=O) groups is 3. The summed E-state index contributed by atoms with van der Waals surface area (Å²) in [5.74, 6) is -0.912. The molecule has 1 N–H and O–H groups in total. The Labute approximate surface area is 148 Å². The van der Waals surface area contributed by atoms with Gasteiger partial charge in [0.15, 0.2) is 0 Å². The molecule has 8 nitrogen and oxygen atoms in total. The van der Waals surface area contributed by atoms with E-state index in [9.17, 15) is 24.5 Å². The summed E-state index contributed by atoms with van der Waals surface area (Å²) in [4.78, 5) is 48.1. The zero-order valence-electron chi connectivity index (χ0n) is 13.6. The molecule has 6 atom stereocenters. The summed E-state index contributed by atoms with van der Waals surface area (Å²) in [5.41, 5.74) is 2.41. The smallest absolute Gasteiger partial charge is 0.270 e. The molecule has 132 valence electrons. The summed E-state index contributed by atoms with van der Waals surface area (Å²) in [6.45, 7) is 0. The van der Waals surface area contributed by atoms with Gasteiger partial charge >= 0.3 is 0 Å². The lowest BCUT2D eigenvalue weighted by molar-refractivity contribution is -0.384. The Hall–Kier alpha value is -3.03. The van der Waals surface area contributed by atoms with E-state index in [2.05, 4.69) is 17.6 Å². The highest BCUT2D eigenvalue weighted by Crippen LogP contribution is 2.65. The standard InChI is InChI=1S/C18H15N3O5/c22-16(8-1-3-9(4-2-8)21(25)26)19-20-17(23)14-10-5-6-11(13-7-12(10)13)15(14)18(20)24/h1-6,10-15H,7H2,(H,19,22)/t10-,11+,12+,13-,14-,15+. The Balaban J connectivity index is 1.37. The molecule has 2 bridgehead atoms. The summed E-state index contributed by atoms with van der Waals surface area (Å²) < 4.78 is 0. The number of nitro benzene ring substituents is 1. The van der Waals surface area contributed by atoms with Crippen LogP contribution in [0.2, 0.25) is 0 Å². The number of allylic oxidation sites excluding steroid dienone is 2. The average Bonchev–Trinajstić information content (AvgIpc) is 3.43. The van der Waals surface area contributed by atoms with E-state index in [4.69, 9.17) is 0 Å². The van der Waals surface area contributed by atoms with E-state index >= 15 is 0 Å². The molecule has 1 aromatic rings. The lowest BCUT2D eigenvalue weighted by Gasteiger charge is -2.37. The number of hydrogen-bond donors (Lipinski definition) is 1. The van der Waals surface area contributed by atoms with Crippen LogP contribution in [-0.2, 0) is 9.59 Å². The van der Waals surface area contributed by atoms with Crippen molar-refractivity contribution in [3.8, 4) is 0 Å². The second kappa shape index (κ2) is 5.00. The molecular weight excluding hydrogens is 338 g/mol. The van der Waals surface area contributed by atoms with E-state index in [0.717, 1.165) is 11.4 Å². The SMILES string of the molecule is O=C(NN1C(=O)[C@@H]2[C@@H]3C=C[C@@H]([C@H]4C[C@@H]34)[C@@H]2C1=O)c1ccc([N+](=O)[O-])cc1. The molecule has 1 aromatic carbocycles. The number of imide groups is 1. The Morgan fingerprint density at radius 1 is 1.04 bits per heavy atom. The number of non-ortho nitro benzene ring substituents is 1. The van der Waals surface area contributed by atoms with Gasteiger partial charge in [-0.25, -0.2) is 0 Å². The van der Waals surface area contributed by atoms with E-state index in [1.807, 2.05) is 0 Å². The van der Waals surface area contributed by atoms with Gasteiger partial charge in [0, 0.05) is 17.7 Å². The van der Waals surface area contributed by atoms with Crippen molar-refractivity contribution >= 4 is 23.4 Å². The molecule has 8 heteroatoms. The number of nitrogens with one attached hydrogen (secondary N) is 1. The predicted molar refractivity (Wildman–Crippen MR) is 87.1 cm³/mol. The van der Waals surface area contributed by atoms with Crippen LogP contribution in [0.4, 0.5) is 5.69 Å². The maximum Gasteiger partial charge on any atom is 0.270 e. The molecule has 6 rings (SSSR count). The molecule has 0 spiro atoms. The second-order valence-corrected chi connectivity index (χ2v) is 7.41. The van der Waals surface area contributed by atoms with Crippen molar-refractivity contribution in [2.75, 3.05) is 0 Å². The van der Waals surface area contributed by atoms with Crippen LogP contribution in [0.25, 0.3) is 0 Å². The van der Waals surface area contributed by atoms with E-state index in [1.54, 1.807) is 0 Å². The molecule has 2 saturated carbocycles. The Bertz CT molecular complexity index is 857. The quantitative estimate of drug-likeness (QED) is 0.381. The van der Waals surface area contributed by atoms with E-state index in [0.29, 0.717) is 11.8 Å². The van der Waals surface area contributed by atoms with Crippen LogP contribution in [0.15, 0.2) is 36.4 Å². The lowest BCUT2D eigenvalue weighted by atomic mass is 9.63. The van der Waals surface area contributed by atoms with Gasteiger partial charge in [0.1, 0.15) is 0 Å². The molecule has 1 heterocycles. The van der Waals surface area contributed by atoms with Gasteiger partial charge in [-0.2, -0.15) is 5.01 Å². The zero-order valence-corrected chi connectivity index (χ0v) is 13.6. The van der Waals surface area contributed by atoms with Gasteiger partial charge < -0.3 is 0 Å². The van der Waals surface area contributed by atoms with Crippen LogP contribution >= 0.6 is 0 Å². The van der Waals surface area contributed by atoms with Gasteiger partial charge in [0.2, 0.25) is 0 Å². The number of benzene rings is 1. The first kappa shape index (κ1) is 15.2. The number of carbonyl (C=O) groups excluding carboxylic acids is 3. The van der Waals surface area contributed by atoms with Gasteiger partial charge in [-0.1, -0.05) is 12.2 Å². The third-order valence-electron chi connectivity index (χ3n) is 6.22. The summed E-state index contributed by atoms with van der Waals surface area (Å²) in [6.07, 6.45) is 5.20. The van der Waals surface area contributed by atoms with Crippen LogP contribution in [0.1, 0.15) is 16.8 Å². The fourth-order valence-corrected chi connectivity index (χ4v) is 4.97. The summed E-state index contributed by atoms with van der Waals surface area (Å²) in [5, 5.41) is 11.5. The molecule has 1 aliphatic heterocycles. The van der Waals surface area contributed by atoms with Gasteiger partial charge in [-0.05, 0) is 42.2 Å². The minimum absolute atomic E-state index is 0.0905. The highest BCUT2D eigenvalue weighted by atomic mass is 16.6. The number of hydrazine groups is 1. The highest BCUT2D eigenvalue weighted by molar-refractivity contribution is 6.08. The summed E-state index contributed by atoms with van der Waals surface area (Å²) in [6, 6.07) is 5.01. The number of amides is 3. The van der Waals surface area contributed by atoms with Crippen LogP contribution < -0.4 is 5.43 Å². The van der Waals surface area contributed by atoms with Crippen molar-refractivity contribution in [3.63, 3.8) is 0 Å². The molecule has 1 saturated heterocycles. The highest BCUT2D eigenvalue weighted by Gasteiger charge is 2.67. The van der Waals surface area contributed by atoms with Gasteiger partial charge in [0.05, 0.1) is 16.8 Å². The molecule has 0 radical (unpaired) electrons. The Morgan fingerprint density at radius 2 is 1.58 bits per heavy atom. The predicted octanol–water partition coefficient (Wildman–Crippen LogP) is 1.29. The molecule has 0 aromatic heterocycles. The summed E-state index contributed by atoms with van der Waals surface area (Å²) >= 11 is 0. The zero-order chi connectivity index (χ0) is 18.2. The molecule has 3 amide bonds. The van der Waals surface area contributed by atoms with Crippen molar-refractivity contribution in [1.82, 2.24) is 10.4 Å². The van der Waals surface area contributed by atoms with Crippen LogP contribution in [-0.4, -0.2) is 27.7 Å². The van der Waals surface area contributed by atoms with Crippen molar-refractivity contribution < 1.29 is 19.3 Å². The fraction of sp³-hybridized carbons (Fsp3) is 0.389. The van der Waals surface area contributed by atoms with Crippen molar-refractivity contribution in [3.05, 3.63) is 52.1 Å². The molecule has 26 heavy (non-hydrogen) atoms. The largest absolute Gasteiger partial charge is 0.272 e. The van der Waals surface area contributed by atoms with Crippen molar-refractivity contribution in [1.29, 1.82) is 0 Å². The Kier molecular flexibility index (Phi) is 2.93. The second-order valence-electron chi connectivity index (χ2n) is 7.41. The van der Waals surface area contributed by atoms with Crippen LogP contribution in [0.5, 0.6) is 0 Å². The maximum absolute atomic E-state index is 12.8. The monoisotopic (exact) mass is 353 g/mol. The first-order chi connectivity index (χ1) is 12.5.